The Labute approximate surface area is 259 Å². The van der Waals surface area contributed by atoms with Crippen LogP contribution in [-0.2, 0) is 40.5 Å². The summed E-state index contributed by atoms with van der Waals surface area (Å²) in [5.41, 5.74) is 7.24. The maximum atomic E-state index is 13.1. The molecule has 0 fully saturated rings. The first kappa shape index (κ1) is 36.0. The van der Waals surface area contributed by atoms with Crippen LogP contribution in [0.1, 0.15) is 36.8 Å². The summed E-state index contributed by atoms with van der Waals surface area (Å²) in [5.74, 6) is -4.78. The molecule has 0 saturated carbocycles. The van der Waals surface area contributed by atoms with Crippen molar-refractivity contribution in [2.75, 3.05) is 13.1 Å². The van der Waals surface area contributed by atoms with Crippen LogP contribution in [0.5, 0.6) is 0 Å². The fourth-order valence-corrected chi connectivity index (χ4v) is 4.66. The first-order valence-corrected chi connectivity index (χ1v) is 15.1. The molecule has 3 amide bonds. The molecule has 0 unspecified atom stereocenters. The third-order valence-electron chi connectivity index (χ3n) is 6.02. The number of ether oxygens (including phenoxy) is 1. The lowest BCUT2D eigenvalue weighted by atomic mass is 10.1. The van der Waals surface area contributed by atoms with Gasteiger partial charge in [-0.05, 0) is 43.9 Å². The van der Waals surface area contributed by atoms with Gasteiger partial charge in [0.25, 0.3) is 10.0 Å². The van der Waals surface area contributed by atoms with Crippen molar-refractivity contribution in [1.82, 2.24) is 20.7 Å². The average Bonchev–Trinajstić information content (AvgIpc) is 2.98. The van der Waals surface area contributed by atoms with Gasteiger partial charge in [-0.3, -0.25) is 24.2 Å². The Morgan fingerprint density at radius 2 is 1.53 bits per heavy atom. The number of nitrogens with two attached hydrogens (primary N) is 1. The Balaban J connectivity index is 2.05. The number of carboxylic acids is 2. The van der Waals surface area contributed by atoms with Crippen LogP contribution in [0.2, 0.25) is 0 Å². The molecule has 8 N–H and O–H groups in total. The first-order valence-electron chi connectivity index (χ1n) is 13.6. The van der Waals surface area contributed by atoms with Gasteiger partial charge in [-0.1, -0.05) is 48.0 Å². The number of hydrogen-bond acceptors (Lipinski definition) is 9. The number of aliphatic imine (C=N–C) groups is 1. The summed E-state index contributed by atoms with van der Waals surface area (Å²) in [5, 5.41) is 24.9. The molecule has 17 heteroatoms. The van der Waals surface area contributed by atoms with E-state index in [9.17, 15) is 32.4 Å². The largest absolute Gasteiger partial charge is 0.481 e. The van der Waals surface area contributed by atoms with Gasteiger partial charge in [0.2, 0.25) is 17.8 Å². The minimum atomic E-state index is -3.99. The molecule has 2 rings (SSSR count). The van der Waals surface area contributed by atoms with E-state index in [0.717, 1.165) is 5.56 Å². The van der Waals surface area contributed by atoms with Crippen molar-refractivity contribution in [2.24, 2.45) is 10.7 Å². The lowest BCUT2D eigenvalue weighted by Gasteiger charge is -2.22. The molecule has 0 aliphatic rings. The summed E-state index contributed by atoms with van der Waals surface area (Å²) in [6, 6.07) is 11.9. The number of rotatable bonds is 17. The molecule has 0 aliphatic carbocycles. The average molecular weight is 649 g/mol. The molecule has 45 heavy (non-hydrogen) atoms. The smallest absolute Gasteiger partial charge is 0.408 e. The van der Waals surface area contributed by atoms with Crippen molar-refractivity contribution in [1.29, 1.82) is 0 Å². The molecule has 16 nitrogen and oxygen atoms in total. The topological polar surface area (TPSA) is 256 Å². The van der Waals surface area contributed by atoms with Crippen LogP contribution in [0, 0.1) is 6.92 Å². The number of carbonyl (C=O) groups excluding carboxylic acids is 3. The number of aryl methyl sites for hydroxylation is 1. The second kappa shape index (κ2) is 17.8. The molecule has 0 saturated heterocycles. The van der Waals surface area contributed by atoms with Gasteiger partial charge in [-0.2, -0.15) is 0 Å². The molecule has 2 atom stereocenters. The third-order valence-corrected chi connectivity index (χ3v) is 7.39. The quantitative estimate of drug-likeness (QED) is 0.0693. The highest BCUT2D eigenvalue weighted by atomic mass is 32.2. The predicted molar refractivity (Wildman–Crippen MR) is 160 cm³/mol. The summed E-state index contributed by atoms with van der Waals surface area (Å²) in [6.45, 7) is 0.840. The molecule has 0 radical (unpaired) electrons. The molecule has 0 spiro atoms. The molecule has 0 aliphatic heterocycles. The van der Waals surface area contributed by atoms with Crippen molar-refractivity contribution < 1.29 is 47.3 Å². The van der Waals surface area contributed by atoms with Crippen molar-refractivity contribution in [2.45, 2.75) is 56.2 Å². The minimum Gasteiger partial charge on any atom is -0.481 e. The number of carboxylic acid groups (broad SMARTS) is 2. The van der Waals surface area contributed by atoms with Gasteiger partial charge in [-0.15, -0.1) is 0 Å². The number of nitrogens with zero attached hydrogens (tertiary/aromatic N) is 1. The van der Waals surface area contributed by atoms with Crippen LogP contribution in [0.4, 0.5) is 4.79 Å². The summed E-state index contributed by atoms with van der Waals surface area (Å²) >= 11 is 0. The summed E-state index contributed by atoms with van der Waals surface area (Å²) < 4.78 is 32.2. The van der Waals surface area contributed by atoms with Crippen molar-refractivity contribution >= 4 is 45.8 Å². The number of nitrogens with one attached hydrogen (secondary N) is 4. The van der Waals surface area contributed by atoms with Crippen LogP contribution in [0.25, 0.3) is 0 Å². The summed E-state index contributed by atoms with van der Waals surface area (Å²) in [7, 11) is -3.99. The van der Waals surface area contributed by atoms with Gasteiger partial charge in [0.05, 0.1) is 4.90 Å². The van der Waals surface area contributed by atoms with Gasteiger partial charge in [0.1, 0.15) is 25.2 Å². The molecule has 0 heterocycles. The van der Waals surface area contributed by atoms with Gasteiger partial charge in [-0.25, -0.2) is 17.9 Å². The van der Waals surface area contributed by atoms with E-state index in [-0.39, 0.29) is 37.3 Å². The van der Waals surface area contributed by atoms with Gasteiger partial charge in [0.15, 0.2) is 0 Å². The number of aliphatic carboxylic acids is 2. The number of benzene rings is 2. The van der Waals surface area contributed by atoms with E-state index in [2.05, 4.69) is 25.7 Å². The molecule has 2 aromatic rings. The van der Waals surface area contributed by atoms with Crippen LogP contribution in [-0.4, -0.2) is 79.6 Å². The Kier molecular flexibility index (Phi) is 14.3. The van der Waals surface area contributed by atoms with Crippen molar-refractivity contribution in [3.63, 3.8) is 0 Å². The number of hydrogen-bond donors (Lipinski definition) is 7. The second-order valence-corrected chi connectivity index (χ2v) is 11.4. The van der Waals surface area contributed by atoms with Gasteiger partial charge in [0, 0.05) is 13.0 Å². The van der Waals surface area contributed by atoms with E-state index in [4.69, 9.17) is 20.7 Å². The molecular formula is C28H36N6O10S. The molecule has 244 valence electrons. The van der Waals surface area contributed by atoms with Gasteiger partial charge < -0.3 is 36.6 Å². The van der Waals surface area contributed by atoms with Gasteiger partial charge >= 0.3 is 18.0 Å². The number of amides is 3. The monoisotopic (exact) mass is 648 g/mol. The standard InChI is InChI=1S/C28H36N6O10S/c1-18-9-11-20(12-10-18)45(42,43)34-27(29)30-15-5-8-21(25(39)31-16-24(37)38)32-26(40)22(13-14-23(35)36)33-28(41)44-17-19-6-3-2-4-7-19/h2-4,6-7,9-12,21-22H,5,8,13-17H2,1H3,(H,31,39)(H,32,40)(H,33,41)(H,35,36)(H,37,38)(H3,29,30,34)/t21-,22-/m0/s1. The van der Waals surface area contributed by atoms with Crippen molar-refractivity contribution in [3.05, 3.63) is 65.7 Å². The Morgan fingerprint density at radius 3 is 2.16 bits per heavy atom. The highest BCUT2D eigenvalue weighted by Gasteiger charge is 2.28. The van der Waals surface area contributed by atoms with Crippen molar-refractivity contribution in [3.8, 4) is 0 Å². The second-order valence-electron chi connectivity index (χ2n) is 9.69. The number of carbonyl (C=O) groups is 5. The first-order chi connectivity index (χ1) is 21.3. The number of alkyl carbamates (subject to hydrolysis) is 1. The Bertz CT molecular complexity index is 1470. The predicted octanol–water partition coefficient (Wildman–Crippen LogP) is 0.214. The molecule has 2 aromatic carbocycles. The Morgan fingerprint density at radius 1 is 0.889 bits per heavy atom. The highest BCUT2D eigenvalue weighted by molar-refractivity contribution is 7.90. The van der Waals surface area contributed by atoms with E-state index in [1.165, 1.54) is 12.1 Å². The zero-order valence-electron chi connectivity index (χ0n) is 24.4. The molecule has 0 aromatic heterocycles. The molecular weight excluding hydrogens is 612 g/mol. The van der Waals surface area contributed by atoms with E-state index in [0.29, 0.717) is 5.56 Å². The molecule has 0 bridgehead atoms. The zero-order valence-corrected chi connectivity index (χ0v) is 25.2. The van der Waals surface area contributed by atoms with E-state index >= 15 is 0 Å². The van der Waals surface area contributed by atoms with Crippen LogP contribution >= 0.6 is 0 Å². The maximum Gasteiger partial charge on any atom is 0.408 e. The maximum absolute atomic E-state index is 13.1. The summed E-state index contributed by atoms with van der Waals surface area (Å²) in [6.07, 6.45) is -1.88. The normalized spacial score (nSPS) is 12.7. The van der Waals surface area contributed by atoms with E-state index < -0.39 is 70.9 Å². The Hall–Kier alpha value is -5.19. The lowest BCUT2D eigenvalue weighted by Crippen LogP contribution is -2.54. The zero-order chi connectivity index (χ0) is 33.4. The number of guanidine groups is 1. The third kappa shape index (κ3) is 13.8. The fraction of sp³-hybridized carbons (Fsp3) is 0.357. The summed E-state index contributed by atoms with van der Waals surface area (Å²) in [4.78, 5) is 64.2. The SMILES string of the molecule is Cc1ccc(S(=O)(=O)NC(N)=NCCC[C@H](NC(=O)[C@H](CCC(=O)O)NC(=O)OCc2ccccc2)C(=O)NCC(=O)O)cc1. The number of sulfonamides is 1. The van der Waals surface area contributed by atoms with E-state index in [1.54, 1.807) is 49.4 Å². The minimum absolute atomic E-state index is 0.0286. The lowest BCUT2D eigenvalue weighted by molar-refractivity contribution is -0.138. The van der Waals surface area contributed by atoms with Crippen LogP contribution in [0.3, 0.4) is 0 Å². The van der Waals surface area contributed by atoms with Crippen LogP contribution in [0.15, 0.2) is 64.5 Å². The van der Waals surface area contributed by atoms with Crippen LogP contribution < -0.4 is 26.4 Å². The van der Waals surface area contributed by atoms with E-state index in [1.807, 2.05) is 0 Å². The highest BCUT2D eigenvalue weighted by Crippen LogP contribution is 2.10. The fourth-order valence-electron chi connectivity index (χ4n) is 3.71.